The van der Waals surface area contributed by atoms with E-state index in [4.69, 9.17) is 4.74 Å². The fourth-order valence-electron chi connectivity index (χ4n) is 4.03. The van der Waals surface area contributed by atoms with E-state index in [2.05, 4.69) is 44.5 Å². The molecule has 1 N–H and O–H groups in total. The first-order valence-electron chi connectivity index (χ1n) is 8.07. The van der Waals surface area contributed by atoms with Gasteiger partial charge in [-0.25, -0.2) is 0 Å². The van der Waals surface area contributed by atoms with Gasteiger partial charge in [0.25, 0.3) is 0 Å². The number of hydrogen-bond acceptors (Lipinski definition) is 4. The monoisotopic (exact) mass is 372 g/mol. The summed E-state index contributed by atoms with van der Waals surface area (Å²) in [5.74, 6) is 0. The summed E-state index contributed by atoms with van der Waals surface area (Å²) in [4.78, 5) is 4.17. The first-order chi connectivity index (χ1) is 10.3. The van der Waals surface area contributed by atoms with Crippen LogP contribution in [0.4, 0.5) is 0 Å². The largest absolute Gasteiger partial charge is 0.379 e. The Morgan fingerprint density at radius 3 is 2.67 bits per heavy atom. The average Bonchev–Trinajstić information content (AvgIpc) is 3.16. The summed E-state index contributed by atoms with van der Waals surface area (Å²) in [6.45, 7) is 7.14. The van der Waals surface area contributed by atoms with Gasteiger partial charge in [0.05, 0.1) is 19.3 Å². The van der Waals surface area contributed by atoms with Gasteiger partial charge in [-0.05, 0) is 46.8 Å². The molecular weight excluding hydrogens is 348 g/mol. The smallest absolute Gasteiger partial charge is 0.0613 e. The molecule has 1 aromatic heterocycles. The number of likely N-dealkylation sites (N-methyl/N-ethyl adjacent to an activating group) is 1. The van der Waals surface area contributed by atoms with Crippen molar-refractivity contribution in [1.82, 2.24) is 10.2 Å². The summed E-state index contributed by atoms with van der Waals surface area (Å²) >= 11 is 5.64. The maximum absolute atomic E-state index is 5.59. The summed E-state index contributed by atoms with van der Waals surface area (Å²) in [5.41, 5.74) is 0.271. The van der Waals surface area contributed by atoms with Crippen molar-refractivity contribution in [2.45, 2.75) is 44.2 Å². The Morgan fingerprint density at radius 2 is 2.10 bits per heavy atom. The van der Waals surface area contributed by atoms with Gasteiger partial charge < -0.3 is 10.1 Å². The molecule has 5 heteroatoms. The van der Waals surface area contributed by atoms with E-state index >= 15 is 0 Å². The lowest BCUT2D eigenvalue weighted by molar-refractivity contribution is -0.0357. The average molecular weight is 373 g/mol. The van der Waals surface area contributed by atoms with Gasteiger partial charge in [-0.3, -0.25) is 4.90 Å². The Hall–Kier alpha value is 0.0600. The van der Waals surface area contributed by atoms with E-state index in [1.807, 2.05) is 11.3 Å². The number of morpholine rings is 1. The molecular formula is C16H25BrN2OS. The summed E-state index contributed by atoms with van der Waals surface area (Å²) in [6, 6.07) is 2.62. The van der Waals surface area contributed by atoms with Gasteiger partial charge >= 0.3 is 0 Å². The van der Waals surface area contributed by atoms with Crippen molar-refractivity contribution in [1.29, 1.82) is 0 Å². The minimum Gasteiger partial charge on any atom is -0.379 e. The fraction of sp³-hybridized carbons (Fsp3) is 0.750. The van der Waals surface area contributed by atoms with Crippen LogP contribution in [0.3, 0.4) is 0 Å². The highest BCUT2D eigenvalue weighted by atomic mass is 79.9. The maximum atomic E-state index is 5.59. The van der Waals surface area contributed by atoms with Crippen LogP contribution in [0.5, 0.6) is 0 Å². The second-order valence-corrected chi connectivity index (χ2v) is 7.84. The topological polar surface area (TPSA) is 24.5 Å². The lowest BCUT2D eigenvalue weighted by atomic mass is 9.84. The molecule has 21 heavy (non-hydrogen) atoms. The van der Waals surface area contributed by atoms with Crippen LogP contribution in [0, 0.1) is 0 Å². The minimum atomic E-state index is 0.271. The molecule has 0 aromatic carbocycles. The fourth-order valence-corrected chi connectivity index (χ4v) is 5.81. The molecule has 1 aromatic rings. The van der Waals surface area contributed by atoms with Crippen LogP contribution >= 0.6 is 27.3 Å². The van der Waals surface area contributed by atoms with Crippen LogP contribution in [0.25, 0.3) is 0 Å². The second-order valence-electron chi connectivity index (χ2n) is 6.03. The van der Waals surface area contributed by atoms with Crippen molar-refractivity contribution in [2.24, 2.45) is 0 Å². The summed E-state index contributed by atoms with van der Waals surface area (Å²) in [7, 11) is 0. The Morgan fingerprint density at radius 1 is 1.38 bits per heavy atom. The third-order valence-electron chi connectivity index (χ3n) is 4.96. The highest BCUT2D eigenvalue weighted by molar-refractivity contribution is 9.10. The molecule has 1 aliphatic carbocycles. The number of nitrogens with zero attached hydrogens (tertiary/aromatic N) is 1. The van der Waals surface area contributed by atoms with Crippen LogP contribution in [-0.2, 0) is 4.74 Å². The lowest BCUT2D eigenvalue weighted by Crippen LogP contribution is -2.58. The standard InChI is InChI=1S/C16H25BrN2OS/c1-2-18-15(14-13(17)5-12-21-14)16(6-3-4-7-16)19-8-10-20-11-9-19/h5,12,15,18H,2-4,6-11H2,1H3. The van der Waals surface area contributed by atoms with Gasteiger partial charge in [-0.15, -0.1) is 11.3 Å². The molecule has 3 rings (SSSR count). The molecule has 1 saturated heterocycles. The molecule has 3 nitrogen and oxygen atoms in total. The van der Waals surface area contributed by atoms with Crippen molar-refractivity contribution >= 4 is 27.3 Å². The highest BCUT2D eigenvalue weighted by Gasteiger charge is 2.47. The molecule has 2 fully saturated rings. The van der Waals surface area contributed by atoms with Crippen LogP contribution in [0.1, 0.15) is 43.5 Å². The predicted molar refractivity (Wildman–Crippen MR) is 92.0 cm³/mol. The maximum Gasteiger partial charge on any atom is 0.0613 e. The van der Waals surface area contributed by atoms with Crippen molar-refractivity contribution < 1.29 is 4.74 Å². The molecule has 2 aliphatic rings. The van der Waals surface area contributed by atoms with E-state index in [9.17, 15) is 0 Å². The molecule has 0 spiro atoms. The van der Waals surface area contributed by atoms with Crippen molar-refractivity contribution in [3.63, 3.8) is 0 Å². The molecule has 2 heterocycles. The van der Waals surface area contributed by atoms with E-state index in [1.165, 1.54) is 35.0 Å². The summed E-state index contributed by atoms with van der Waals surface area (Å²) in [5, 5.41) is 6.00. The van der Waals surface area contributed by atoms with E-state index in [0.29, 0.717) is 6.04 Å². The van der Waals surface area contributed by atoms with Crippen LogP contribution in [0.15, 0.2) is 15.9 Å². The lowest BCUT2D eigenvalue weighted by Gasteiger charge is -2.48. The van der Waals surface area contributed by atoms with E-state index in [-0.39, 0.29) is 5.54 Å². The quantitative estimate of drug-likeness (QED) is 0.850. The zero-order valence-electron chi connectivity index (χ0n) is 12.7. The van der Waals surface area contributed by atoms with Gasteiger partial charge in [-0.1, -0.05) is 19.8 Å². The van der Waals surface area contributed by atoms with Crippen molar-refractivity contribution in [3.8, 4) is 0 Å². The van der Waals surface area contributed by atoms with Crippen LogP contribution < -0.4 is 5.32 Å². The Labute approximate surface area is 140 Å². The van der Waals surface area contributed by atoms with Gasteiger partial charge in [0, 0.05) is 28.0 Å². The van der Waals surface area contributed by atoms with Crippen LogP contribution in [0.2, 0.25) is 0 Å². The first kappa shape index (κ1) is 15.9. The Balaban J connectivity index is 1.94. The third-order valence-corrected chi connectivity index (χ3v) is 6.90. The Bertz CT molecular complexity index is 453. The number of hydrogen-bond donors (Lipinski definition) is 1. The highest BCUT2D eigenvalue weighted by Crippen LogP contribution is 2.47. The zero-order chi connectivity index (χ0) is 14.7. The van der Waals surface area contributed by atoms with E-state index in [0.717, 1.165) is 32.8 Å². The number of thiophene rings is 1. The minimum absolute atomic E-state index is 0.271. The molecule has 1 saturated carbocycles. The number of ether oxygens (including phenoxy) is 1. The summed E-state index contributed by atoms with van der Waals surface area (Å²) in [6.07, 6.45) is 5.30. The molecule has 0 radical (unpaired) electrons. The van der Waals surface area contributed by atoms with Gasteiger partial charge in [0.1, 0.15) is 0 Å². The number of nitrogens with one attached hydrogen (secondary N) is 1. The molecule has 1 atom stereocenters. The normalized spacial score (nSPS) is 24.3. The van der Waals surface area contributed by atoms with E-state index in [1.54, 1.807) is 0 Å². The van der Waals surface area contributed by atoms with Crippen molar-refractivity contribution in [3.05, 3.63) is 20.8 Å². The van der Waals surface area contributed by atoms with Crippen molar-refractivity contribution in [2.75, 3.05) is 32.8 Å². The van der Waals surface area contributed by atoms with Gasteiger partial charge in [-0.2, -0.15) is 0 Å². The molecule has 0 amide bonds. The first-order valence-corrected chi connectivity index (χ1v) is 9.74. The SMILES string of the molecule is CCNC(c1sccc1Br)C1(N2CCOCC2)CCCC1. The molecule has 1 unspecified atom stereocenters. The zero-order valence-corrected chi connectivity index (χ0v) is 15.1. The Kier molecular flexibility index (Phi) is 5.38. The third kappa shape index (κ3) is 3.08. The predicted octanol–water partition coefficient (Wildman–Crippen LogP) is 3.81. The van der Waals surface area contributed by atoms with Gasteiger partial charge in [0.15, 0.2) is 0 Å². The summed E-state index contributed by atoms with van der Waals surface area (Å²) < 4.78 is 6.85. The molecule has 118 valence electrons. The van der Waals surface area contributed by atoms with Gasteiger partial charge in [0.2, 0.25) is 0 Å². The molecule has 0 bridgehead atoms. The van der Waals surface area contributed by atoms with Crippen LogP contribution in [-0.4, -0.2) is 43.3 Å². The number of rotatable bonds is 5. The molecule has 1 aliphatic heterocycles. The second kappa shape index (κ2) is 7.09. The number of halogens is 1. The van der Waals surface area contributed by atoms with E-state index < -0.39 is 0 Å².